The number of Topliss-reactive ketones (excluding diaryl/α,β-unsaturated/α-hetero) is 1. The molecule has 0 saturated carbocycles. The van der Waals surface area contributed by atoms with Gasteiger partial charge in [-0.15, -0.1) is 0 Å². The van der Waals surface area contributed by atoms with Crippen molar-refractivity contribution >= 4 is 16.9 Å². The van der Waals surface area contributed by atoms with Crippen LogP contribution in [0.25, 0.3) is 16.9 Å². The molecule has 2 aromatic heterocycles. The molecule has 0 unspecified atom stereocenters. The van der Waals surface area contributed by atoms with Crippen LogP contribution in [-0.2, 0) is 24.3 Å². The number of hydrogen-bond donors (Lipinski definition) is 0. The van der Waals surface area contributed by atoms with Gasteiger partial charge >= 0.3 is 5.69 Å². The molecule has 0 fully saturated rings. The van der Waals surface area contributed by atoms with Crippen LogP contribution in [0.4, 0.5) is 0 Å². The molecule has 30 heavy (non-hydrogen) atoms. The molecule has 0 saturated heterocycles. The molecular weight excluding hydrogens is 380 g/mol. The van der Waals surface area contributed by atoms with Gasteiger partial charge in [0.05, 0.1) is 18.6 Å². The van der Waals surface area contributed by atoms with Crippen molar-refractivity contribution in [2.75, 3.05) is 0 Å². The second kappa shape index (κ2) is 8.32. The van der Waals surface area contributed by atoms with Crippen LogP contribution in [-0.4, -0.2) is 24.5 Å². The second-order valence-corrected chi connectivity index (χ2v) is 7.08. The molecule has 0 N–H and O–H groups in total. The summed E-state index contributed by atoms with van der Waals surface area (Å²) in [5, 5.41) is 0. The molecule has 2 aromatic carbocycles. The van der Waals surface area contributed by atoms with E-state index in [0.29, 0.717) is 18.5 Å². The van der Waals surface area contributed by atoms with Gasteiger partial charge in [-0.1, -0.05) is 55.5 Å². The topological polar surface area (TPSA) is 78.9 Å². The van der Waals surface area contributed by atoms with Gasteiger partial charge in [-0.05, 0) is 24.1 Å². The summed E-state index contributed by atoms with van der Waals surface area (Å²) < 4.78 is 4.22. The highest BCUT2D eigenvalue weighted by atomic mass is 16.2. The van der Waals surface area contributed by atoms with Crippen molar-refractivity contribution in [2.45, 2.75) is 32.9 Å². The van der Waals surface area contributed by atoms with Gasteiger partial charge in [-0.25, -0.2) is 14.3 Å². The molecule has 0 aliphatic heterocycles. The molecule has 4 aromatic rings. The minimum atomic E-state index is -0.443. The maximum Gasteiger partial charge on any atom is 0.337 e. The Balaban J connectivity index is 1.91. The van der Waals surface area contributed by atoms with Crippen LogP contribution in [0, 0.1) is 0 Å². The van der Waals surface area contributed by atoms with E-state index in [-0.39, 0.29) is 30.0 Å². The smallest absolute Gasteiger partial charge is 0.317 e. The van der Waals surface area contributed by atoms with Crippen LogP contribution >= 0.6 is 0 Å². The molecule has 7 nitrogen and oxygen atoms in total. The average molecular weight is 402 g/mol. The minimum absolute atomic E-state index is 0.0120. The first-order valence-electron chi connectivity index (χ1n) is 9.92. The lowest BCUT2D eigenvalue weighted by Crippen LogP contribution is -2.40. The number of para-hydroxylation sites is 1. The van der Waals surface area contributed by atoms with Gasteiger partial charge in [-0.3, -0.25) is 14.2 Å². The van der Waals surface area contributed by atoms with Gasteiger partial charge in [0.15, 0.2) is 16.9 Å². The highest BCUT2D eigenvalue weighted by Crippen LogP contribution is 2.13. The molecule has 4 rings (SSSR count). The molecule has 0 spiro atoms. The van der Waals surface area contributed by atoms with Gasteiger partial charge in [0.1, 0.15) is 0 Å². The summed E-state index contributed by atoms with van der Waals surface area (Å²) in [5.74, 6) is -0.0120. The number of fused-ring (bicyclic) bond motifs is 1. The van der Waals surface area contributed by atoms with E-state index in [0.717, 1.165) is 5.56 Å². The van der Waals surface area contributed by atoms with Crippen molar-refractivity contribution in [2.24, 2.45) is 0 Å². The average Bonchev–Trinajstić information content (AvgIpc) is 3.18. The second-order valence-electron chi connectivity index (χ2n) is 7.08. The Morgan fingerprint density at radius 2 is 1.63 bits per heavy atom. The summed E-state index contributed by atoms with van der Waals surface area (Å²) in [4.78, 5) is 43.0. The molecule has 0 radical (unpaired) electrons. The Morgan fingerprint density at radius 3 is 2.30 bits per heavy atom. The summed E-state index contributed by atoms with van der Waals surface area (Å²) in [6.07, 6.45) is 2.36. The number of aryl methyl sites for hydroxylation is 1. The molecule has 0 bridgehead atoms. The lowest BCUT2D eigenvalue weighted by Gasteiger charge is -2.12. The Hall–Kier alpha value is -3.74. The Labute approximate surface area is 172 Å². The Morgan fingerprint density at radius 1 is 0.967 bits per heavy atom. The number of carbonyl (C=O) groups excluding carboxylic acids is 1. The van der Waals surface area contributed by atoms with E-state index in [4.69, 9.17) is 0 Å². The fraction of sp³-hybridized carbons (Fsp3) is 0.217. The van der Waals surface area contributed by atoms with Gasteiger partial charge in [0, 0.05) is 13.0 Å². The first-order chi connectivity index (χ1) is 14.6. The fourth-order valence-electron chi connectivity index (χ4n) is 3.49. The number of ketones is 1. The van der Waals surface area contributed by atoms with E-state index in [2.05, 4.69) is 4.98 Å². The number of benzene rings is 2. The Kier molecular flexibility index (Phi) is 5.43. The van der Waals surface area contributed by atoms with E-state index in [1.807, 2.05) is 48.5 Å². The summed E-state index contributed by atoms with van der Waals surface area (Å²) in [7, 11) is 0. The van der Waals surface area contributed by atoms with Crippen LogP contribution in [0.15, 0.2) is 76.6 Å². The van der Waals surface area contributed by atoms with Crippen LogP contribution < -0.4 is 11.2 Å². The number of imidazole rings is 1. The molecule has 2 heterocycles. The summed E-state index contributed by atoms with van der Waals surface area (Å²) in [6, 6.07) is 18.8. The van der Waals surface area contributed by atoms with Gasteiger partial charge in [0.25, 0.3) is 5.56 Å². The Bertz CT molecular complexity index is 1300. The van der Waals surface area contributed by atoms with Gasteiger partial charge in [0.2, 0.25) is 0 Å². The van der Waals surface area contributed by atoms with Crippen molar-refractivity contribution < 1.29 is 4.79 Å². The quantitative estimate of drug-likeness (QED) is 0.476. The van der Waals surface area contributed by atoms with E-state index >= 15 is 0 Å². The van der Waals surface area contributed by atoms with Crippen LogP contribution in [0.1, 0.15) is 18.9 Å². The van der Waals surface area contributed by atoms with E-state index in [1.54, 1.807) is 23.6 Å². The highest BCUT2D eigenvalue weighted by molar-refractivity contribution is 5.80. The summed E-state index contributed by atoms with van der Waals surface area (Å²) >= 11 is 0. The lowest BCUT2D eigenvalue weighted by molar-refractivity contribution is -0.119. The van der Waals surface area contributed by atoms with Crippen molar-refractivity contribution in [3.05, 3.63) is 93.4 Å². The van der Waals surface area contributed by atoms with E-state index in [9.17, 15) is 14.4 Å². The number of aromatic nitrogens is 4. The highest BCUT2D eigenvalue weighted by Gasteiger charge is 2.19. The third-order valence-corrected chi connectivity index (χ3v) is 5.12. The number of nitrogens with zero attached hydrogens (tertiary/aromatic N) is 4. The third-order valence-electron chi connectivity index (χ3n) is 5.12. The zero-order valence-corrected chi connectivity index (χ0v) is 16.7. The molecule has 0 atom stereocenters. The SMILES string of the molecule is CCC(=O)Cn1cnc2c1c(=O)n(CCc1ccccc1)c(=O)n2-c1ccccc1. The van der Waals surface area contributed by atoms with Crippen LogP contribution in [0.5, 0.6) is 0 Å². The third kappa shape index (κ3) is 3.61. The number of rotatable bonds is 7. The number of hydrogen-bond acceptors (Lipinski definition) is 4. The van der Waals surface area contributed by atoms with Crippen LogP contribution in [0.3, 0.4) is 0 Å². The first-order valence-corrected chi connectivity index (χ1v) is 9.92. The predicted octanol–water partition coefficient (Wildman–Crippen LogP) is 2.57. The van der Waals surface area contributed by atoms with E-state index < -0.39 is 11.2 Å². The monoisotopic (exact) mass is 402 g/mol. The van der Waals surface area contributed by atoms with E-state index in [1.165, 1.54) is 15.5 Å². The standard InChI is InChI=1S/C23H22N4O3/c1-2-19(28)15-25-16-24-21-20(25)22(29)26(14-13-17-9-5-3-6-10-17)23(30)27(21)18-11-7-4-8-12-18/h3-12,16H,2,13-15H2,1H3. The predicted molar refractivity (Wildman–Crippen MR) is 115 cm³/mol. The largest absolute Gasteiger partial charge is 0.337 e. The summed E-state index contributed by atoms with van der Waals surface area (Å²) in [6.45, 7) is 2.06. The van der Waals surface area contributed by atoms with Crippen molar-refractivity contribution in [3.8, 4) is 5.69 Å². The van der Waals surface area contributed by atoms with Crippen molar-refractivity contribution in [1.82, 2.24) is 18.7 Å². The fourth-order valence-corrected chi connectivity index (χ4v) is 3.49. The minimum Gasteiger partial charge on any atom is -0.317 e. The summed E-state index contributed by atoms with van der Waals surface area (Å²) in [5.41, 5.74) is 1.29. The normalized spacial score (nSPS) is 11.1. The number of carbonyl (C=O) groups is 1. The molecule has 0 aliphatic rings. The van der Waals surface area contributed by atoms with Crippen LogP contribution in [0.2, 0.25) is 0 Å². The maximum absolute atomic E-state index is 13.3. The first kappa shape index (κ1) is 19.6. The zero-order valence-electron chi connectivity index (χ0n) is 16.7. The van der Waals surface area contributed by atoms with Gasteiger partial charge < -0.3 is 4.57 Å². The maximum atomic E-state index is 13.3. The lowest BCUT2D eigenvalue weighted by atomic mass is 10.1. The van der Waals surface area contributed by atoms with Gasteiger partial charge in [-0.2, -0.15) is 0 Å². The van der Waals surface area contributed by atoms with Crippen molar-refractivity contribution in [3.63, 3.8) is 0 Å². The molecule has 0 amide bonds. The molecule has 152 valence electrons. The van der Waals surface area contributed by atoms with Crippen molar-refractivity contribution in [1.29, 1.82) is 0 Å². The molecular formula is C23H22N4O3. The molecule has 0 aliphatic carbocycles. The zero-order chi connectivity index (χ0) is 21.1. The molecule has 7 heteroatoms.